The molecule has 1 unspecified atom stereocenters. The van der Waals surface area contributed by atoms with E-state index in [0.717, 1.165) is 35.0 Å². The van der Waals surface area contributed by atoms with Crippen LogP contribution in [-0.4, -0.2) is 40.1 Å². The van der Waals surface area contributed by atoms with E-state index >= 15 is 0 Å². The van der Waals surface area contributed by atoms with Crippen molar-refractivity contribution in [2.45, 2.75) is 25.9 Å². The molecule has 2 aromatic heterocycles. The SMILES string of the molecule is Cc1nc(-c2cccs2)sc1C(=O)N1CCCC(O)C1. The minimum atomic E-state index is -0.391. The van der Waals surface area contributed by atoms with Gasteiger partial charge >= 0.3 is 0 Å². The van der Waals surface area contributed by atoms with Gasteiger partial charge in [-0.05, 0) is 31.2 Å². The lowest BCUT2D eigenvalue weighted by atomic mass is 10.1. The van der Waals surface area contributed by atoms with E-state index < -0.39 is 6.10 Å². The van der Waals surface area contributed by atoms with Gasteiger partial charge in [-0.15, -0.1) is 22.7 Å². The monoisotopic (exact) mass is 308 g/mol. The van der Waals surface area contributed by atoms with Crippen molar-refractivity contribution in [3.63, 3.8) is 0 Å². The van der Waals surface area contributed by atoms with E-state index in [9.17, 15) is 9.90 Å². The van der Waals surface area contributed by atoms with E-state index in [1.54, 1.807) is 16.2 Å². The lowest BCUT2D eigenvalue weighted by Crippen LogP contribution is -2.42. The van der Waals surface area contributed by atoms with Crippen LogP contribution in [-0.2, 0) is 0 Å². The summed E-state index contributed by atoms with van der Waals surface area (Å²) in [6, 6.07) is 4.00. The van der Waals surface area contributed by atoms with E-state index in [1.165, 1.54) is 11.3 Å². The highest BCUT2D eigenvalue weighted by atomic mass is 32.1. The van der Waals surface area contributed by atoms with Gasteiger partial charge in [-0.3, -0.25) is 4.79 Å². The molecule has 0 saturated carbocycles. The average molecular weight is 308 g/mol. The molecule has 106 valence electrons. The number of piperidine rings is 1. The van der Waals surface area contributed by atoms with Crippen LogP contribution >= 0.6 is 22.7 Å². The van der Waals surface area contributed by atoms with Crippen molar-refractivity contribution >= 4 is 28.6 Å². The number of aliphatic hydroxyl groups excluding tert-OH is 1. The summed E-state index contributed by atoms with van der Waals surface area (Å²) in [5.41, 5.74) is 0.781. The van der Waals surface area contributed by atoms with Crippen molar-refractivity contribution in [3.05, 3.63) is 28.1 Å². The minimum Gasteiger partial charge on any atom is -0.391 e. The van der Waals surface area contributed by atoms with Crippen molar-refractivity contribution in [2.24, 2.45) is 0 Å². The van der Waals surface area contributed by atoms with E-state index in [1.807, 2.05) is 24.4 Å². The first-order valence-corrected chi connectivity index (χ1v) is 8.33. The van der Waals surface area contributed by atoms with Crippen LogP contribution in [0.15, 0.2) is 17.5 Å². The van der Waals surface area contributed by atoms with E-state index in [-0.39, 0.29) is 5.91 Å². The number of carbonyl (C=O) groups excluding carboxylic acids is 1. The van der Waals surface area contributed by atoms with Gasteiger partial charge < -0.3 is 10.0 Å². The molecule has 20 heavy (non-hydrogen) atoms. The summed E-state index contributed by atoms with van der Waals surface area (Å²) in [5.74, 6) is 0.00144. The standard InChI is InChI=1S/C14H16N2O2S2/c1-9-12(14(18)16-6-2-4-10(17)8-16)20-13(15-9)11-5-3-7-19-11/h3,5,7,10,17H,2,4,6,8H2,1H3. The second kappa shape index (κ2) is 5.63. The molecular formula is C14H16N2O2S2. The number of amides is 1. The van der Waals surface area contributed by atoms with Gasteiger partial charge in [0.1, 0.15) is 9.88 Å². The maximum Gasteiger partial charge on any atom is 0.265 e. The Hall–Kier alpha value is -1.24. The van der Waals surface area contributed by atoms with Gasteiger partial charge in [-0.25, -0.2) is 4.98 Å². The Balaban J connectivity index is 1.85. The van der Waals surface area contributed by atoms with Crippen molar-refractivity contribution in [1.29, 1.82) is 0 Å². The largest absolute Gasteiger partial charge is 0.391 e. The zero-order valence-corrected chi connectivity index (χ0v) is 12.8. The number of thiophene rings is 1. The number of carbonyl (C=O) groups is 1. The Morgan fingerprint density at radius 3 is 3.10 bits per heavy atom. The maximum absolute atomic E-state index is 12.5. The number of rotatable bonds is 2. The molecule has 0 radical (unpaired) electrons. The predicted molar refractivity (Wildman–Crippen MR) is 81.3 cm³/mol. The highest BCUT2D eigenvalue weighted by Crippen LogP contribution is 2.32. The number of thiazole rings is 1. The van der Waals surface area contributed by atoms with Crippen LogP contribution in [0.3, 0.4) is 0 Å². The first kappa shape index (κ1) is 13.7. The molecule has 4 nitrogen and oxygen atoms in total. The van der Waals surface area contributed by atoms with Crippen LogP contribution in [0.1, 0.15) is 28.2 Å². The van der Waals surface area contributed by atoms with Gasteiger partial charge in [0.05, 0.1) is 16.7 Å². The Bertz CT molecular complexity index is 607. The fourth-order valence-electron chi connectivity index (χ4n) is 2.38. The third-order valence-electron chi connectivity index (χ3n) is 3.41. The summed E-state index contributed by atoms with van der Waals surface area (Å²) in [6.45, 7) is 3.04. The fourth-order valence-corrected chi connectivity index (χ4v) is 4.21. The van der Waals surface area contributed by atoms with Crippen molar-refractivity contribution in [1.82, 2.24) is 9.88 Å². The molecule has 0 bridgehead atoms. The molecule has 0 aliphatic carbocycles. The number of hydrogen-bond donors (Lipinski definition) is 1. The fraction of sp³-hybridized carbons (Fsp3) is 0.429. The Labute approximate surface area is 125 Å². The van der Waals surface area contributed by atoms with E-state index in [0.29, 0.717) is 11.4 Å². The summed E-state index contributed by atoms with van der Waals surface area (Å²) in [7, 11) is 0. The number of likely N-dealkylation sites (tertiary alicyclic amines) is 1. The third-order valence-corrected chi connectivity index (χ3v) is 5.59. The van der Waals surface area contributed by atoms with Crippen LogP contribution in [0.25, 0.3) is 9.88 Å². The normalized spacial score (nSPS) is 19.3. The van der Waals surface area contributed by atoms with Gasteiger partial charge in [0.15, 0.2) is 0 Å². The first-order chi connectivity index (χ1) is 9.65. The average Bonchev–Trinajstić information content (AvgIpc) is 3.07. The Morgan fingerprint density at radius 1 is 1.55 bits per heavy atom. The van der Waals surface area contributed by atoms with Crippen molar-refractivity contribution < 1.29 is 9.90 Å². The molecule has 1 fully saturated rings. The Kier molecular flexibility index (Phi) is 3.87. The van der Waals surface area contributed by atoms with Crippen LogP contribution in [0.5, 0.6) is 0 Å². The lowest BCUT2D eigenvalue weighted by Gasteiger charge is -2.29. The van der Waals surface area contributed by atoms with Crippen LogP contribution in [0.2, 0.25) is 0 Å². The molecule has 1 amide bonds. The van der Waals surface area contributed by atoms with Crippen LogP contribution < -0.4 is 0 Å². The molecule has 1 atom stereocenters. The van der Waals surface area contributed by atoms with Crippen molar-refractivity contribution in [2.75, 3.05) is 13.1 Å². The molecule has 0 spiro atoms. The molecule has 1 saturated heterocycles. The third kappa shape index (κ3) is 2.63. The zero-order valence-electron chi connectivity index (χ0n) is 11.2. The zero-order chi connectivity index (χ0) is 14.1. The first-order valence-electron chi connectivity index (χ1n) is 6.64. The molecule has 1 aliphatic rings. The summed E-state index contributed by atoms with van der Waals surface area (Å²) in [4.78, 5) is 20.6. The lowest BCUT2D eigenvalue weighted by molar-refractivity contribution is 0.0477. The number of aromatic nitrogens is 1. The van der Waals surface area contributed by atoms with Gasteiger partial charge in [0.25, 0.3) is 5.91 Å². The molecule has 1 aliphatic heterocycles. The highest BCUT2D eigenvalue weighted by molar-refractivity contribution is 7.22. The van der Waals surface area contributed by atoms with Gasteiger partial charge in [0, 0.05) is 13.1 Å². The summed E-state index contributed by atoms with van der Waals surface area (Å²) < 4.78 is 0. The quantitative estimate of drug-likeness (QED) is 0.928. The van der Waals surface area contributed by atoms with E-state index in [2.05, 4.69) is 4.98 Å². The van der Waals surface area contributed by atoms with Crippen LogP contribution in [0, 0.1) is 6.92 Å². The Morgan fingerprint density at radius 2 is 2.40 bits per heavy atom. The summed E-state index contributed by atoms with van der Waals surface area (Å²) >= 11 is 3.08. The molecule has 2 aromatic rings. The van der Waals surface area contributed by atoms with Crippen molar-refractivity contribution in [3.8, 4) is 9.88 Å². The molecule has 0 aromatic carbocycles. The maximum atomic E-state index is 12.5. The second-order valence-electron chi connectivity index (χ2n) is 4.96. The summed E-state index contributed by atoms with van der Waals surface area (Å²) in [5, 5.41) is 12.6. The number of nitrogens with zero attached hydrogens (tertiary/aromatic N) is 2. The van der Waals surface area contributed by atoms with E-state index in [4.69, 9.17) is 0 Å². The number of aryl methyl sites for hydroxylation is 1. The molecule has 6 heteroatoms. The minimum absolute atomic E-state index is 0.00144. The molecule has 1 N–H and O–H groups in total. The second-order valence-corrected chi connectivity index (χ2v) is 6.90. The highest BCUT2D eigenvalue weighted by Gasteiger charge is 2.26. The molecule has 3 heterocycles. The van der Waals surface area contributed by atoms with Gasteiger partial charge in [-0.1, -0.05) is 6.07 Å². The number of β-amino-alcohol motifs (C(OH)–C–C–N with tert-alkyl or cyclic N) is 1. The molecule has 3 rings (SSSR count). The number of aliphatic hydroxyl groups is 1. The van der Waals surface area contributed by atoms with Crippen LogP contribution in [0.4, 0.5) is 0 Å². The predicted octanol–water partition coefficient (Wildman–Crippen LogP) is 2.78. The summed E-state index contributed by atoms with van der Waals surface area (Å²) in [6.07, 6.45) is 1.26. The molecular weight excluding hydrogens is 292 g/mol. The smallest absolute Gasteiger partial charge is 0.265 e. The number of hydrogen-bond acceptors (Lipinski definition) is 5. The van der Waals surface area contributed by atoms with Gasteiger partial charge in [-0.2, -0.15) is 0 Å². The van der Waals surface area contributed by atoms with Gasteiger partial charge in [0.2, 0.25) is 0 Å². The topological polar surface area (TPSA) is 53.4 Å².